The minimum atomic E-state index is -2.10. The van der Waals surface area contributed by atoms with Crippen molar-refractivity contribution in [1.29, 1.82) is 0 Å². The van der Waals surface area contributed by atoms with E-state index in [0.29, 0.717) is 29.7 Å². The van der Waals surface area contributed by atoms with Crippen molar-refractivity contribution < 1.29 is 24.0 Å². The molecule has 2 aromatic rings. The zero-order chi connectivity index (χ0) is 21.4. The van der Waals surface area contributed by atoms with Gasteiger partial charge in [0.25, 0.3) is 0 Å². The Balaban J connectivity index is 2.13. The van der Waals surface area contributed by atoms with Gasteiger partial charge in [-0.15, -0.1) is 0 Å². The van der Waals surface area contributed by atoms with Gasteiger partial charge in [0.2, 0.25) is 0 Å². The molecule has 0 aliphatic carbocycles. The predicted molar refractivity (Wildman–Crippen MR) is 117 cm³/mol. The Kier molecular flexibility index (Phi) is 9.15. The Morgan fingerprint density at radius 3 is 2.48 bits per heavy atom. The second kappa shape index (κ2) is 11.3. The van der Waals surface area contributed by atoms with E-state index in [1.807, 2.05) is 0 Å². The van der Waals surface area contributed by atoms with Crippen LogP contribution < -0.4 is 4.74 Å². The second-order valence-corrected chi connectivity index (χ2v) is 7.92. The number of allylic oxidation sites excluding steroid dienone is 5. The quantitative estimate of drug-likeness (QED) is 0.286. The Morgan fingerprint density at radius 1 is 1.17 bits per heavy atom. The molecule has 0 aromatic heterocycles. The Morgan fingerprint density at radius 2 is 1.86 bits per heavy atom. The summed E-state index contributed by atoms with van der Waals surface area (Å²) in [5.74, 6) is 0.344. The first kappa shape index (κ1) is 23.4. The van der Waals surface area contributed by atoms with E-state index in [0.717, 1.165) is 0 Å². The molecule has 0 aliphatic heterocycles. The standard InChI is InChI=1S/C21H20Cl2FO4P/c1-2-5-16(24)7-4-3-6-15-12-17(8-9-20(15)25)28-21-18(22)10-14(11-19(21)23)13-29(26)27/h2,4-5,7-12,25-27H,1,3,6,13H2/b7-4-,16-5+. The molecule has 0 unspecified atom stereocenters. The third-order valence-electron chi connectivity index (χ3n) is 3.79. The molecule has 0 radical (unpaired) electrons. The molecule has 0 fully saturated rings. The Hall–Kier alpha value is -1.88. The number of aromatic hydroxyl groups is 1. The molecule has 4 nitrogen and oxygen atoms in total. The normalized spacial score (nSPS) is 12.0. The van der Waals surface area contributed by atoms with Crippen LogP contribution in [0.3, 0.4) is 0 Å². The molecule has 0 amide bonds. The maximum atomic E-state index is 13.3. The van der Waals surface area contributed by atoms with Gasteiger partial charge in [-0.3, -0.25) is 0 Å². The molecular formula is C21H20Cl2FO4P. The molecule has 3 N–H and O–H groups in total. The van der Waals surface area contributed by atoms with Gasteiger partial charge in [-0.2, -0.15) is 0 Å². The summed E-state index contributed by atoms with van der Waals surface area (Å²) in [5, 5.41) is 10.5. The summed E-state index contributed by atoms with van der Waals surface area (Å²) in [6, 6.07) is 7.83. The molecule has 0 aliphatic rings. The molecule has 0 spiro atoms. The van der Waals surface area contributed by atoms with Gasteiger partial charge in [0, 0.05) is 6.16 Å². The van der Waals surface area contributed by atoms with Crippen LogP contribution in [0, 0.1) is 0 Å². The highest BCUT2D eigenvalue weighted by Crippen LogP contribution is 2.40. The fourth-order valence-electron chi connectivity index (χ4n) is 2.51. The highest BCUT2D eigenvalue weighted by molar-refractivity contribution is 7.44. The summed E-state index contributed by atoms with van der Waals surface area (Å²) in [7, 11) is -2.10. The first-order valence-corrected chi connectivity index (χ1v) is 10.8. The lowest BCUT2D eigenvalue weighted by atomic mass is 10.1. The average Bonchev–Trinajstić information content (AvgIpc) is 2.63. The predicted octanol–water partition coefficient (Wildman–Crippen LogP) is 6.82. The number of aryl methyl sites for hydroxylation is 1. The average molecular weight is 457 g/mol. The molecular weight excluding hydrogens is 437 g/mol. The van der Waals surface area contributed by atoms with Crippen LogP contribution in [0.5, 0.6) is 17.2 Å². The van der Waals surface area contributed by atoms with E-state index in [1.54, 1.807) is 30.3 Å². The van der Waals surface area contributed by atoms with E-state index >= 15 is 0 Å². The van der Waals surface area contributed by atoms with E-state index in [1.165, 1.54) is 24.3 Å². The molecule has 0 saturated heterocycles. The van der Waals surface area contributed by atoms with Gasteiger partial charge >= 0.3 is 0 Å². The Bertz CT molecular complexity index is 906. The van der Waals surface area contributed by atoms with Crippen molar-refractivity contribution in [2.75, 3.05) is 0 Å². The minimum absolute atomic E-state index is 0.0501. The molecule has 29 heavy (non-hydrogen) atoms. The van der Waals surface area contributed by atoms with Crippen LogP contribution in [-0.4, -0.2) is 14.9 Å². The fraction of sp³-hybridized carbons (Fsp3) is 0.143. The van der Waals surface area contributed by atoms with Crippen molar-refractivity contribution in [1.82, 2.24) is 0 Å². The number of hydrogen-bond donors (Lipinski definition) is 3. The topological polar surface area (TPSA) is 69.9 Å². The number of benzene rings is 2. The zero-order valence-corrected chi connectivity index (χ0v) is 17.8. The maximum absolute atomic E-state index is 13.3. The summed E-state index contributed by atoms with van der Waals surface area (Å²) < 4.78 is 19.0. The molecule has 8 heteroatoms. The first-order chi connectivity index (χ1) is 13.8. The zero-order valence-electron chi connectivity index (χ0n) is 15.4. The number of phenols is 1. The van der Waals surface area contributed by atoms with Crippen molar-refractivity contribution in [3.05, 3.63) is 88.2 Å². The van der Waals surface area contributed by atoms with E-state index in [2.05, 4.69) is 6.58 Å². The van der Waals surface area contributed by atoms with Gasteiger partial charge in [-0.05, 0) is 66.5 Å². The maximum Gasteiger partial charge on any atom is 0.169 e. The molecule has 0 atom stereocenters. The minimum Gasteiger partial charge on any atom is -0.508 e. The lowest BCUT2D eigenvalue weighted by Crippen LogP contribution is -1.92. The van der Waals surface area contributed by atoms with E-state index in [-0.39, 0.29) is 27.7 Å². The SMILES string of the molecule is C=C/C=C(F)\C=C/CCc1cc(Oc2c(Cl)cc(CP(O)O)cc2Cl)ccc1O. The number of rotatable bonds is 9. The van der Waals surface area contributed by atoms with E-state index in [4.69, 9.17) is 37.7 Å². The molecule has 0 heterocycles. The summed E-state index contributed by atoms with van der Waals surface area (Å²) >= 11 is 12.4. The van der Waals surface area contributed by atoms with Gasteiger partial charge in [0.15, 0.2) is 14.1 Å². The summed E-state index contributed by atoms with van der Waals surface area (Å²) in [4.78, 5) is 18.3. The lowest BCUT2D eigenvalue weighted by Gasteiger charge is -2.13. The molecule has 0 saturated carbocycles. The van der Waals surface area contributed by atoms with Crippen molar-refractivity contribution in [2.24, 2.45) is 0 Å². The monoisotopic (exact) mass is 456 g/mol. The van der Waals surface area contributed by atoms with Gasteiger partial charge < -0.3 is 19.6 Å². The molecule has 2 aromatic carbocycles. The first-order valence-electron chi connectivity index (χ1n) is 8.58. The van der Waals surface area contributed by atoms with Crippen LogP contribution in [0.15, 0.2) is 67.0 Å². The number of ether oxygens (including phenoxy) is 1. The molecule has 154 valence electrons. The van der Waals surface area contributed by atoms with Crippen LogP contribution in [0.2, 0.25) is 10.0 Å². The highest BCUT2D eigenvalue weighted by Gasteiger charge is 2.14. The number of halogens is 3. The summed E-state index contributed by atoms with van der Waals surface area (Å²) in [6.45, 7) is 3.42. The van der Waals surface area contributed by atoms with Crippen molar-refractivity contribution in [3.8, 4) is 17.2 Å². The van der Waals surface area contributed by atoms with Crippen LogP contribution in [-0.2, 0) is 12.6 Å². The van der Waals surface area contributed by atoms with Crippen LogP contribution in [0.1, 0.15) is 17.5 Å². The van der Waals surface area contributed by atoms with Crippen molar-refractivity contribution >= 4 is 31.6 Å². The molecule has 2 rings (SSSR count). The van der Waals surface area contributed by atoms with Crippen LogP contribution in [0.25, 0.3) is 0 Å². The van der Waals surface area contributed by atoms with Gasteiger partial charge in [0.1, 0.15) is 17.3 Å². The van der Waals surface area contributed by atoms with E-state index < -0.39 is 14.2 Å². The third kappa shape index (κ3) is 7.46. The number of hydrogen-bond acceptors (Lipinski definition) is 4. The molecule has 0 bridgehead atoms. The van der Waals surface area contributed by atoms with Crippen molar-refractivity contribution in [3.63, 3.8) is 0 Å². The summed E-state index contributed by atoms with van der Waals surface area (Å²) in [6.07, 6.45) is 6.64. The van der Waals surface area contributed by atoms with Crippen LogP contribution in [0.4, 0.5) is 4.39 Å². The largest absolute Gasteiger partial charge is 0.508 e. The van der Waals surface area contributed by atoms with Gasteiger partial charge in [-0.25, -0.2) is 4.39 Å². The number of phenolic OH excluding ortho intramolecular Hbond substituents is 1. The van der Waals surface area contributed by atoms with Gasteiger partial charge in [-0.1, -0.05) is 41.9 Å². The van der Waals surface area contributed by atoms with Crippen molar-refractivity contribution in [2.45, 2.75) is 19.0 Å². The van der Waals surface area contributed by atoms with Crippen LogP contribution >= 0.6 is 31.6 Å². The second-order valence-electron chi connectivity index (χ2n) is 6.04. The van der Waals surface area contributed by atoms with E-state index in [9.17, 15) is 9.50 Å². The highest BCUT2D eigenvalue weighted by atomic mass is 35.5. The fourth-order valence-corrected chi connectivity index (χ4v) is 3.63. The lowest BCUT2D eigenvalue weighted by molar-refractivity contribution is 0.458. The third-order valence-corrected chi connectivity index (χ3v) is 5.00. The summed E-state index contributed by atoms with van der Waals surface area (Å²) in [5.41, 5.74) is 1.20. The van der Waals surface area contributed by atoms with Gasteiger partial charge in [0.05, 0.1) is 10.0 Å². The smallest absolute Gasteiger partial charge is 0.169 e. The Labute approximate surface area is 180 Å².